The van der Waals surface area contributed by atoms with Crippen molar-refractivity contribution in [2.75, 3.05) is 4.90 Å². The summed E-state index contributed by atoms with van der Waals surface area (Å²) in [6.45, 7) is 0. The van der Waals surface area contributed by atoms with E-state index in [1.807, 2.05) is 42.6 Å². The van der Waals surface area contributed by atoms with Gasteiger partial charge >= 0.3 is 0 Å². The van der Waals surface area contributed by atoms with Crippen LogP contribution in [-0.4, -0.2) is 5.78 Å². The first-order chi connectivity index (χ1) is 10.3. The van der Waals surface area contributed by atoms with E-state index in [4.69, 9.17) is 0 Å². The van der Waals surface area contributed by atoms with Gasteiger partial charge in [-0.25, -0.2) is 0 Å². The van der Waals surface area contributed by atoms with Crippen LogP contribution in [0.5, 0.6) is 0 Å². The van der Waals surface area contributed by atoms with Crippen molar-refractivity contribution in [3.05, 3.63) is 72.4 Å². The molecule has 2 nitrogen and oxygen atoms in total. The van der Waals surface area contributed by atoms with Gasteiger partial charge in [-0.3, -0.25) is 4.79 Å². The fourth-order valence-corrected chi connectivity index (χ4v) is 2.67. The first-order valence-electron chi connectivity index (χ1n) is 7.48. The Morgan fingerprint density at radius 1 is 0.762 bits per heavy atom. The van der Waals surface area contributed by atoms with Crippen LogP contribution in [0.2, 0.25) is 0 Å². The molecule has 1 aliphatic carbocycles. The van der Waals surface area contributed by atoms with E-state index in [9.17, 15) is 4.79 Å². The Morgan fingerprint density at radius 3 is 1.81 bits per heavy atom. The van der Waals surface area contributed by atoms with Crippen LogP contribution in [-0.2, 0) is 4.79 Å². The fourth-order valence-electron chi connectivity index (χ4n) is 2.67. The van der Waals surface area contributed by atoms with Crippen LogP contribution in [0.4, 0.5) is 11.4 Å². The van der Waals surface area contributed by atoms with Crippen LogP contribution in [0.3, 0.4) is 0 Å². The molecule has 0 bridgehead atoms. The lowest BCUT2D eigenvalue weighted by atomic mass is 9.94. The molecule has 0 saturated heterocycles. The minimum Gasteiger partial charge on any atom is -0.317 e. The van der Waals surface area contributed by atoms with Crippen LogP contribution in [0.1, 0.15) is 25.7 Å². The summed E-state index contributed by atoms with van der Waals surface area (Å²) in [6, 6.07) is 20.4. The summed E-state index contributed by atoms with van der Waals surface area (Å²) in [5, 5.41) is 0. The zero-order valence-electron chi connectivity index (χ0n) is 12.0. The van der Waals surface area contributed by atoms with Crippen molar-refractivity contribution in [3.8, 4) is 0 Å². The van der Waals surface area contributed by atoms with Gasteiger partial charge in [0.25, 0.3) is 0 Å². The number of ketones is 1. The van der Waals surface area contributed by atoms with E-state index in [0.29, 0.717) is 6.42 Å². The average molecular weight is 277 g/mol. The van der Waals surface area contributed by atoms with Crippen molar-refractivity contribution < 1.29 is 4.79 Å². The number of rotatable bonds is 3. The summed E-state index contributed by atoms with van der Waals surface area (Å²) >= 11 is 0. The van der Waals surface area contributed by atoms with Crippen molar-refractivity contribution in [2.24, 2.45) is 0 Å². The Morgan fingerprint density at radius 2 is 1.29 bits per heavy atom. The van der Waals surface area contributed by atoms with Gasteiger partial charge in [-0.05, 0) is 43.5 Å². The zero-order chi connectivity index (χ0) is 14.5. The van der Waals surface area contributed by atoms with Gasteiger partial charge in [-0.1, -0.05) is 36.4 Å². The number of hydrogen-bond donors (Lipinski definition) is 0. The van der Waals surface area contributed by atoms with E-state index in [0.717, 1.165) is 36.2 Å². The molecule has 1 aliphatic rings. The number of allylic oxidation sites excluding steroid dienone is 1. The van der Waals surface area contributed by atoms with E-state index in [1.165, 1.54) is 0 Å². The number of hydrogen-bond acceptors (Lipinski definition) is 2. The topological polar surface area (TPSA) is 20.3 Å². The molecule has 2 heteroatoms. The lowest BCUT2D eigenvalue weighted by Gasteiger charge is -2.23. The summed E-state index contributed by atoms with van der Waals surface area (Å²) in [4.78, 5) is 14.2. The first kappa shape index (κ1) is 13.6. The molecule has 106 valence electrons. The van der Waals surface area contributed by atoms with Gasteiger partial charge in [0.2, 0.25) is 0 Å². The van der Waals surface area contributed by atoms with Gasteiger partial charge < -0.3 is 4.90 Å². The molecular formula is C19H19NO. The second-order valence-electron chi connectivity index (χ2n) is 5.33. The van der Waals surface area contributed by atoms with Crippen LogP contribution in [0, 0.1) is 0 Å². The molecule has 0 atom stereocenters. The van der Waals surface area contributed by atoms with Crippen molar-refractivity contribution in [3.63, 3.8) is 0 Å². The fraction of sp³-hybridized carbons (Fsp3) is 0.211. The summed E-state index contributed by atoms with van der Waals surface area (Å²) in [7, 11) is 0. The average Bonchev–Trinajstić information content (AvgIpc) is 2.56. The smallest absolute Gasteiger partial charge is 0.160 e. The summed E-state index contributed by atoms with van der Waals surface area (Å²) in [5.74, 6) is 0.290. The lowest BCUT2D eigenvalue weighted by molar-refractivity contribution is -0.116. The molecule has 21 heavy (non-hydrogen) atoms. The molecule has 0 aliphatic heterocycles. The third kappa shape index (κ3) is 3.22. The van der Waals surface area contributed by atoms with Gasteiger partial charge in [-0.2, -0.15) is 0 Å². The monoisotopic (exact) mass is 277 g/mol. The predicted molar refractivity (Wildman–Crippen MR) is 86.6 cm³/mol. The molecular weight excluding hydrogens is 258 g/mol. The van der Waals surface area contributed by atoms with E-state index >= 15 is 0 Å². The molecule has 2 aromatic rings. The maximum atomic E-state index is 12.1. The SMILES string of the molecule is O=C1CCCC/C1=C\N(c1ccccc1)c1ccccc1. The first-order valence-corrected chi connectivity index (χ1v) is 7.48. The molecule has 0 amide bonds. The third-order valence-corrected chi connectivity index (χ3v) is 3.81. The second-order valence-corrected chi connectivity index (χ2v) is 5.33. The molecule has 1 fully saturated rings. The molecule has 0 N–H and O–H groups in total. The van der Waals surface area contributed by atoms with Gasteiger partial charge in [0, 0.05) is 29.6 Å². The molecule has 0 radical (unpaired) electrons. The third-order valence-electron chi connectivity index (χ3n) is 3.81. The van der Waals surface area contributed by atoms with Crippen molar-refractivity contribution >= 4 is 17.2 Å². The predicted octanol–water partition coefficient (Wildman–Crippen LogP) is 4.85. The van der Waals surface area contributed by atoms with Crippen LogP contribution >= 0.6 is 0 Å². The van der Waals surface area contributed by atoms with E-state index in [1.54, 1.807) is 0 Å². The van der Waals surface area contributed by atoms with Gasteiger partial charge in [-0.15, -0.1) is 0 Å². The van der Waals surface area contributed by atoms with E-state index in [2.05, 4.69) is 29.2 Å². The molecule has 0 unspecified atom stereocenters. The Bertz CT molecular complexity index is 592. The number of anilines is 2. The number of Topliss-reactive ketones (excluding diaryl/α,β-unsaturated/α-hetero) is 1. The minimum absolute atomic E-state index is 0.290. The van der Waals surface area contributed by atoms with E-state index in [-0.39, 0.29) is 5.78 Å². The number of benzene rings is 2. The van der Waals surface area contributed by atoms with Gasteiger partial charge in [0.1, 0.15) is 0 Å². The standard InChI is InChI=1S/C19H19NO/c21-19-14-8-7-9-16(19)15-20(17-10-3-1-4-11-17)18-12-5-2-6-13-18/h1-6,10-13,15H,7-9,14H2/b16-15+. The Kier molecular flexibility index (Phi) is 4.15. The number of carbonyl (C=O) groups excluding carboxylic acids is 1. The van der Waals surface area contributed by atoms with Crippen molar-refractivity contribution in [2.45, 2.75) is 25.7 Å². The molecule has 1 saturated carbocycles. The van der Waals surface area contributed by atoms with Crippen molar-refractivity contribution in [1.29, 1.82) is 0 Å². The lowest BCUT2D eigenvalue weighted by Crippen LogP contribution is -2.15. The Hall–Kier alpha value is -2.35. The highest BCUT2D eigenvalue weighted by atomic mass is 16.1. The second kappa shape index (κ2) is 6.40. The van der Waals surface area contributed by atoms with Crippen LogP contribution in [0.25, 0.3) is 0 Å². The maximum absolute atomic E-state index is 12.1. The highest BCUT2D eigenvalue weighted by Gasteiger charge is 2.17. The molecule has 3 rings (SSSR count). The summed E-state index contributed by atoms with van der Waals surface area (Å²) < 4.78 is 0. The van der Waals surface area contributed by atoms with Crippen molar-refractivity contribution in [1.82, 2.24) is 0 Å². The van der Waals surface area contributed by atoms with Gasteiger partial charge in [0.05, 0.1) is 0 Å². The Balaban J connectivity index is 2.01. The largest absolute Gasteiger partial charge is 0.317 e. The van der Waals surface area contributed by atoms with E-state index < -0.39 is 0 Å². The molecule has 0 aromatic heterocycles. The maximum Gasteiger partial charge on any atom is 0.160 e. The van der Waals surface area contributed by atoms with Crippen LogP contribution < -0.4 is 4.90 Å². The minimum atomic E-state index is 0.290. The summed E-state index contributed by atoms with van der Waals surface area (Å²) in [6.07, 6.45) is 5.71. The number of para-hydroxylation sites is 2. The highest BCUT2D eigenvalue weighted by molar-refractivity contribution is 5.96. The quantitative estimate of drug-likeness (QED) is 0.747. The molecule has 0 heterocycles. The Labute approximate surface area is 125 Å². The zero-order valence-corrected chi connectivity index (χ0v) is 12.0. The molecule has 0 spiro atoms. The van der Waals surface area contributed by atoms with Crippen LogP contribution in [0.15, 0.2) is 72.4 Å². The summed E-state index contributed by atoms with van der Waals surface area (Å²) in [5.41, 5.74) is 3.10. The molecule has 2 aromatic carbocycles. The number of carbonyl (C=O) groups is 1. The van der Waals surface area contributed by atoms with Gasteiger partial charge in [0.15, 0.2) is 5.78 Å². The number of nitrogens with zero attached hydrogens (tertiary/aromatic N) is 1. The normalized spacial score (nSPS) is 17.0. The highest BCUT2D eigenvalue weighted by Crippen LogP contribution is 2.28.